The lowest BCUT2D eigenvalue weighted by atomic mass is 10.0. The average Bonchev–Trinajstić information content (AvgIpc) is 2.62. The summed E-state index contributed by atoms with van der Waals surface area (Å²) in [6, 6.07) is 12.8. The second-order valence-electron chi connectivity index (χ2n) is 6.21. The highest BCUT2D eigenvalue weighted by Gasteiger charge is 2.31. The maximum atomic E-state index is 12.9. The van der Waals surface area contributed by atoms with Gasteiger partial charge in [-0.3, -0.25) is 9.10 Å². The van der Waals surface area contributed by atoms with Crippen LogP contribution in [0, 0.1) is 0 Å². The van der Waals surface area contributed by atoms with E-state index in [1.807, 2.05) is 37.3 Å². The van der Waals surface area contributed by atoms with Gasteiger partial charge >= 0.3 is 0 Å². The molecular weight excluding hydrogens is 407 g/mol. The molecule has 146 valence electrons. The number of hydrogen-bond acceptors (Lipinski definition) is 3. The quantitative estimate of drug-likeness (QED) is 0.709. The Hall–Kier alpha value is -1.76. The van der Waals surface area contributed by atoms with Crippen LogP contribution in [0.15, 0.2) is 48.5 Å². The van der Waals surface area contributed by atoms with Crippen LogP contribution in [-0.4, -0.2) is 26.6 Å². The second kappa shape index (κ2) is 8.95. The van der Waals surface area contributed by atoms with E-state index in [0.717, 1.165) is 16.1 Å². The van der Waals surface area contributed by atoms with Crippen LogP contribution in [0.2, 0.25) is 10.0 Å². The first-order valence-corrected chi connectivity index (χ1v) is 11.0. The van der Waals surface area contributed by atoms with E-state index in [-0.39, 0.29) is 16.8 Å². The molecule has 0 aliphatic carbocycles. The molecular formula is C19H22Cl2N2O3S. The fraction of sp³-hybridized carbons (Fsp3) is 0.316. The zero-order valence-corrected chi connectivity index (χ0v) is 17.6. The number of nitrogens with zero attached hydrogens (tertiary/aromatic N) is 1. The van der Waals surface area contributed by atoms with Gasteiger partial charge in [-0.25, -0.2) is 8.42 Å². The highest BCUT2D eigenvalue weighted by Crippen LogP contribution is 2.32. The molecule has 27 heavy (non-hydrogen) atoms. The number of sulfonamides is 1. The van der Waals surface area contributed by atoms with E-state index in [2.05, 4.69) is 5.32 Å². The molecule has 0 heterocycles. The number of rotatable bonds is 7. The topological polar surface area (TPSA) is 66.5 Å². The summed E-state index contributed by atoms with van der Waals surface area (Å²) < 4.78 is 25.8. The fourth-order valence-electron chi connectivity index (χ4n) is 2.83. The summed E-state index contributed by atoms with van der Waals surface area (Å²) in [5, 5.41) is 3.44. The van der Waals surface area contributed by atoms with Crippen molar-refractivity contribution in [2.75, 3.05) is 10.6 Å². The summed E-state index contributed by atoms with van der Waals surface area (Å²) in [5.74, 6) is -0.424. The summed E-state index contributed by atoms with van der Waals surface area (Å²) in [7, 11) is -3.78. The Morgan fingerprint density at radius 1 is 1.15 bits per heavy atom. The van der Waals surface area contributed by atoms with Crippen LogP contribution in [-0.2, 0) is 14.8 Å². The minimum Gasteiger partial charge on any atom is -0.347 e. The van der Waals surface area contributed by atoms with Crippen molar-refractivity contribution in [3.8, 4) is 0 Å². The zero-order chi connectivity index (χ0) is 20.2. The molecule has 0 unspecified atom stereocenters. The summed E-state index contributed by atoms with van der Waals surface area (Å²) in [4.78, 5) is 12.9. The first-order valence-electron chi connectivity index (χ1n) is 8.45. The standard InChI is InChI=1S/C19H22Cl2N2O3S/c1-4-17(14-8-6-5-7-9-14)22-19(24)13(2)23(27(3,25)26)18-12-15(20)10-11-16(18)21/h5-13,17H,4H2,1-3H3,(H,22,24)/t13-,17+/m1/s1. The van der Waals surface area contributed by atoms with E-state index in [4.69, 9.17) is 23.2 Å². The Morgan fingerprint density at radius 3 is 2.33 bits per heavy atom. The Balaban J connectivity index is 2.34. The van der Waals surface area contributed by atoms with Crippen LogP contribution in [0.25, 0.3) is 0 Å². The van der Waals surface area contributed by atoms with Gasteiger partial charge < -0.3 is 5.32 Å². The van der Waals surface area contributed by atoms with Gasteiger partial charge in [-0.05, 0) is 37.1 Å². The van der Waals surface area contributed by atoms with E-state index in [9.17, 15) is 13.2 Å². The summed E-state index contributed by atoms with van der Waals surface area (Å²) in [5.41, 5.74) is 1.12. The lowest BCUT2D eigenvalue weighted by molar-refractivity contribution is -0.122. The Morgan fingerprint density at radius 2 is 1.78 bits per heavy atom. The molecule has 2 rings (SSSR count). The van der Waals surface area contributed by atoms with Gasteiger partial charge in [0.15, 0.2) is 0 Å². The first-order chi connectivity index (χ1) is 12.6. The van der Waals surface area contributed by atoms with Crippen LogP contribution in [0.1, 0.15) is 31.9 Å². The average molecular weight is 429 g/mol. The molecule has 2 atom stereocenters. The second-order valence-corrected chi connectivity index (χ2v) is 8.91. The molecule has 1 amide bonds. The molecule has 1 N–H and O–H groups in total. The van der Waals surface area contributed by atoms with Crippen molar-refractivity contribution in [1.82, 2.24) is 5.32 Å². The molecule has 0 radical (unpaired) electrons. The van der Waals surface area contributed by atoms with Crippen molar-refractivity contribution in [3.63, 3.8) is 0 Å². The number of hydrogen-bond donors (Lipinski definition) is 1. The van der Waals surface area contributed by atoms with E-state index in [0.29, 0.717) is 11.4 Å². The molecule has 0 bridgehead atoms. The molecule has 0 saturated heterocycles. The first kappa shape index (κ1) is 21.5. The number of halogens is 2. The van der Waals surface area contributed by atoms with E-state index in [1.165, 1.54) is 19.1 Å². The van der Waals surface area contributed by atoms with Gasteiger partial charge in [0, 0.05) is 5.02 Å². The van der Waals surface area contributed by atoms with Crippen LogP contribution in [0.5, 0.6) is 0 Å². The monoisotopic (exact) mass is 428 g/mol. The van der Waals surface area contributed by atoms with Crippen molar-refractivity contribution >= 4 is 44.8 Å². The third-order valence-electron chi connectivity index (χ3n) is 4.16. The van der Waals surface area contributed by atoms with Crippen molar-refractivity contribution in [2.45, 2.75) is 32.4 Å². The van der Waals surface area contributed by atoms with Gasteiger partial charge in [-0.1, -0.05) is 60.5 Å². The molecule has 0 fully saturated rings. The number of amides is 1. The number of anilines is 1. The minimum absolute atomic E-state index is 0.169. The predicted octanol–water partition coefficient (Wildman–Crippen LogP) is 4.42. The van der Waals surface area contributed by atoms with Gasteiger partial charge in [0.25, 0.3) is 0 Å². The number of nitrogens with one attached hydrogen (secondary N) is 1. The van der Waals surface area contributed by atoms with Crippen LogP contribution < -0.4 is 9.62 Å². The van der Waals surface area contributed by atoms with Gasteiger partial charge in [-0.15, -0.1) is 0 Å². The lowest BCUT2D eigenvalue weighted by Gasteiger charge is -2.30. The van der Waals surface area contributed by atoms with Crippen LogP contribution in [0.4, 0.5) is 5.69 Å². The van der Waals surface area contributed by atoms with Gasteiger partial charge in [0.1, 0.15) is 6.04 Å². The van der Waals surface area contributed by atoms with Crippen LogP contribution >= 0.6 is 23.2 Å². The Labute approximate surface area is 170 Å². The molecule has 2 aromatic carbocycles. The molecule has 2 aromatic rings. The highest BCUT2D eigenvalue weighted by molar-refractivity contribution is 7.92. The molecule has 0 aliphatic heterocycles. The SMILES string of the molecule is CC[C@H](NC(=O)[C@@H](C)N(c1cc(Cl)ccc1Cl)S(C)(=O)=O)c1ccccc1. The third-order valence-corrected chi connectivity index (χ3v) is 5.94. The number of carbonyl (C=O) groups is 1. The van der Waals surface area contributed by atoms with Crippen molar-refractivity contribution in [2.24, 2.45) is 0 Å². The Bertz CT molecular complexity index is 904. The number of carbonyl (C=O) groups excluding carboxylic acids is 1. The Kier molecular flexibility index (Phi) is 7.14. The summed E-state index contributed by atoms with van der Waals surface area (Å²) in [6.07, 6.45) is 1.70. The maximum Gasteiger partial charge on any atom is 0.244 e. The van der Waals surface area contributed by atoms with Crippen LogP contribution in [0.3, 0.4) is 0 Å². The van der Waals surface area contributed by atoms with Gasteiger partial charge in [-0.2, -0.15) is 0 Å². The molecule has 0 aromatic heterocycles. The van der Waals surface area contributed by atoms with Gasteiger partial charge in [0.05, 0.1) is 23.0 Å². The zero-order valence-electron chi connectivity index (χ0n) is 15.3. The molecule has 5 nitrogen and oxygen atoms in total. The minimum atomic E-state index is -3.78. The molecule has 0 saturated carbocycles. The van der Waals surface area contributed by atoms with Crippen molar-refractivity contribution in [1.29, 1.82) is 0 Å². The fourth-order valence-corrected chi connectivity index (χ4v) is 4.44. The lowest BCUT2D eigenvalue weighted by Crippen LogP contribution is -2.48. The normalized spacial score (nSPS) is 13.7. The predicted molar refractivity (Wildman–Crippen MR) is 111 cm³/mol. The maximum absolute atomic E-state index is 12.9. The largest absolute Gasteiger partial charge is 0.347 e. The van der Waals surface area contributed by atoms with E-state index >= 15 is 0 Å². The number of benzene rings is 2. The molecule has 0 spiro atoms. The van der Waals surface area contributed by atoms with E-state index < -0.39 is 22.0 Å². The molecule has 0 aliphatic rings. The summed E-state index contributed by atoms with van der Waals surface area (Å²) in [6.45, 7) is 3.47. The van der Waals surface area contributed by atoms with Gasteiger partial charge in [0.2, 0.25) is 15.9 Å². The van der Waals surface area contributed by atoms with E-state index in [1.54, 1.807) is 6.07 Å². The summed E-state index contributed by atoms with van der Waals surface area (Å²) >= 11 is 12.2. The molecule has 8 heteroatoms. The van der Waals surface area contributed by atoms with Crippen molar-refractivity contribution < 1.29 is 13.2 Å². The third kappa shape index (κ3) is 5.37. The smallest absolute Gasteiger partial charge is 0.244 e. The van der Waals surface area contributed by atoms with Crippen molar-refractivity contribution in [3.05, 3.63) is 64.1 Å². The highest BCUT2D eigenvalue weighted by atomic mass is 35.5.